The molecule has 0 atom stereocenters. The van der Waals surface area contributed by atoms with Crippen molar-refractivity contribution in [3.63, 3.8) is 0 Å². The van der Waals surface area contributed by atoms with Crippen molar-refractivity contribution in [1.82, 2.24) is 4.90 Å². The first-order valence-corrected chi connectivity index (χ1v) is 4.98. The van der Waals surface area contributed by atoms with Crippen molar-refractivity contribution in [3.8, 4) is 0 Å². The van der Waals surface area contributed by atoms with Gasteiger partial charge in [-0.3, -0.25) is 4.90 Å². The van der Waals surface area contributed by atoms with Gasteiger partial charge in [0.05, 0.1) is 0 Å². The van der Waals surface area contributed by atoms with Crippen molar-refractivity contribution in [2.24, 2.45) is 5.73 Å². The summed E-state index contributed by atoms with van der Waals surface area (Å²) in [6.45, 7) is 7.83. The van der Waals surface area contributed by atoms with Crippen LogP contribution in [0.25, 0.3) is 0 Å². The number of carbonyl (C=O) groups is 1. The van der Waals surface area contributed by atoms with E-state index in [2.05, 4.69) is 0 Å². The van der Waals surface area contributed by atoms with E-state index >= 15 is 0 Å². The molecule has 0 aromatic rings. The zero-order valence-corrected chi connectivity index (χ0v) is 9.98. The summed E-state index contributed by atoms with van der Waals surface area (Å²) >= 11 is 4.75. The molecule has 2 N–H and O–H groups in total. The van der Waals surface area contributed by atoms with E-state index in [1.165, 1.54) is 4.90 Å². The molecule has 0 saturated heterocycles. The van der Waals surface area contributed by atoms with Crippen molar-refractivity contribution in [1.29, 1.82) is 0 Å². The van der Waals surface area contributed by atoms with Crippen molar-refractivity contribution in [2.45, 2.75) is 39.7 Å². The highest BCUT2D eigenvalue weighted by molar-refractivity contribution is 7.80. The summed E-state index contributed by atoms with van der Waals surface area (Å²) in [6.07, 6.45) is 0.309. The van der Waals surface area contributed by atoms with E-state index in [4.69, 9.17) is 22.7 Å². The Bertz CT molecular complexity index is 223. The van der Waals surface area contributed by atoms with Crippen LogP contribution in [0.2, 0.25) is 0 Å². The van der Waals surface area contributed by atoms with Crippen LogP contribution in [0, 0.1) is 0 Å². The summed E-state index contributed by atoms with van der Waals surface area (Å²) in [7, 11) is 0. The van der Waals surface area contributed by atoms with E-state index in [-0.39, 0.29) is 5.11 Å². The lowest BCUT2D eigenvalue weighted by Crippen LogP contribution is -2.43. The van der Waals surface area contributed by atoms with Gasteiger partial charge in [0.2, 0.25) is 0 Å². The molecule has 0 aromatic heterocycles. The van der Waals surface area contributed by atoms with Crippen molar-refractivity contribution >= 4 is 23.4 Å². The summed E-state index contributed by atoms with van der Waals surface area (Å²) in [5.41, 5.74) is 4.88. The fourth-order valence-electron chi connectivity index (χ4n) is 0.832. The van der Waals surface area contributed by atoms with Gasteiger partial charge in [-0.25, -0.2) is 4.79 Å². The lowest BCUT2D eigenvalue weighted by Gasteiger charge is -2.25. The molecule has 14 heavy (non-hydrogen) atoms. The Morgan fingerprint density at radius 1 is 1.50 bits per heavy atom. The molecule has 0 aliphatic heterocycles. The summed E-state index contributed by atoms with van der Waals surface area (Å²) in [6, 6.07) is 0. The second kappa shape index (κ2) is 5.14. The Balaban J connectivity index is 4.38. The molecule has 0 aliphatic carbocycles. The number of nitrogens with zero attached hydrogens (tertiary/aromatic N) is 1. The molecule has 0 bridgehead atoms. The van der Waals surface area contributed by atoms with Crippen LogP contribution in [0.5, 0.6) is 0 Å². The Kier molecular flexibility index (Phi) is 4.83. The number of rotatable bonds is 2. The molecule has 0 aliphatic rings. The van der Waals surface area contributed by atoms with E-state index in [1.54, 1.807) is 20.8 Å². The van der Waals surface area contributed by atoms with Gasteiger partial charge in [0.15, 0.2) is 5.11 Å². The van der Waals surface area contributed by atoms with Gasteiger partial charge in [-0.2, -0.15) is 0 Å². The van der Waals surface area contributed by atoms with Crippen molar-refractivity contribution < 1.29 is 9.53 Å². The second-order valence-electron chi connectivity index (χ2n) is 3.97. The van der Waals surface area contributed by atoms with Gasteiger partial charge in [-0.15, -0.1) is 0 Å². The average molecular weight is 218 g/mol. The third-order valence-corrected chi connectivity index (χ3v) is 1.55. The van der Waals surface area contributed by atoms with Crippen LogP contribution in [0.15, 0.2) is 0 Å². The number of thiocarbonyl (C=S) groups is 1. The van der Waals surface area contributed by atoms with E-state index in [9.17, 15) is 4.79 Å². The summed E-state index contributed by atoms with van der Waals surface area (Å²) in [5, 5.41) is 0.0566. The first-order valence-electron chi connectivity index (χ1n) is 4.58. The van der Waals surface area contributed by atoms with Gasteiger partial charge < -0.3 is 10.5 Å². The van der Waals surface area contributed by atoms with Crippen molar-refractivity contribution in [3.05, 3.63) is 0 Å². The van der Waals surface area contributed by atoms with E-state index in [0.29, 0.717) is 6.54 Å². The molecule has 0 fully saturated rings. The number of hydrogen-bond donors (Lipinski definition) is 1. The number of nitrogens with two attached hydrogens (primary N) is 1. The lowest BCUT2D eigenvalue weighted by atomic mass is 10.2. The Morgan fingerprint density at radius 3 is 2.29 bits per heavy atom. The topological polar surface area (TPSA) is 55.6 Å². The number of ether oxygens (including phenoxy) is 1. The third kappa shape index (κ3) is 5.01. The highest BCUT2D eigenvalue weighted by Gasteiger charge is 2.22. The fourth-order valence-corrected chi connectivity index (χ4v) is 0.998. The van der Waals surface area contributed by atoms with Gasteiger partial charge in [-0.1, -0.05) is 6.92 Å². The summed E-state index contributed by atoms with van der Waals surface area (Å²) < 4.78 is 5.13. The zero-order chi connectivity index (χ0) is 11.4. The molecule has 5 heteroatoms. The summed E-state index contributed by atoms with van der Waals surface area (Å²) in [5.74, 6) is 0. The maximum absolute atomic E-state index is 11.5. The molecule has 1 amide bonds. The molecule has 0 aromatic carbocycles. The predicted octanol–water partition coefficient (Wildman–Crippen LogP) is 1.88. The zero-order valence-electron chi connectivity index (χ0n) is 9.16. The molecule has 82 valence electrons. The lowest BCUT2D eigenvalue weighted by molar-refractivity contribution is 0.0372. The van der Waals surface area contributed by atoms with Crippen LogP contribution >= 0.6 is 12.2 Å². The minimum atomic E-state index is -0.520. The second-order valence-corrected chi connectivity index (χ2v) is 4.39. The van der Waals surface area contributed by atoms with Crippen LogP contribution in [0.4, 0.5) is 4.79 Å². The van der Waals surface area contributed by atoms with E-state index in [1.807, 2.05) is 6.92 Å². The van der Waals surface area contributed by atoms with Crippen LogP contribution in [-0.2, 0) is 4.74 Å². The monoisotopic (exact) mass is 218 g/mol. The largest absolute Gasteiger partial charge is 0.443 e. The molecule has 0 saturated carbocycles. The van der Waals surface area contributed by atoms with Gasteiger partial charge in [0.1, 0.15) is 5.60 Å². The number of hydrogen-bond acceptors (Lipinski definition) is 3. The molecular weight excluding hydrogens is 200 g/mol. The average Bonchev–Trinajstić information content (AvgIpc) is 1.95. The third-order valence-electron chi connectivity index (χ3n) is 1.33. The first-order chi connectivity index (χ1) is 6.28. The molecule has 0 radical (unpaired) electrons. The smallest absolute Gasteiger partial charge is 0.416 e. The minimum Gasteiger partial charge on any atom is -0.443 e. The highest BCUT2D eigenvalue weighted by Crippen LogP contribution is 2.10. The van der Waals surface area contributed by atoms with Gasteiger partial charge in [0.25, 0.3) is 0 Å². The Hall–Kier alpha value is -0.840. The van der Waals surface area contributed by atoms with Crippen LogP contribution in [0.1, 0.15) is 34.1 Å². The quantitative estimate of drug-likeness (QED) is 0.719. The number of amides is 1. The first kappa shape index (κ1) is 13.2. The Labute approximate surface area is 90.4 Å². The maximum Gasteiger partial charge on any atom is 0.416 e. The SMILES string of the molecule is CCCN(C(=O)OC(C)(C)C)C(N)=S. The van der Waals surface area contributed by atoms with E-state index in [0.717, 1.165) is 6.42 Å². The Morgan fingerprint density at radius 2 is 2.00 bits per heavy atom. The highest BCUT2D eigenvalue weighted by atomic mass is 32.1. The van der Waals surface area contributed by atoms with E-state index < -0.39 is 11.7 Å². The molecule has 0 heterocycles. The summed E-state index contributed by atoms with van der Waals surface area (Å²) in [4.78, 5) is 12.8. The molecule has 0 spiro atoms. The maximum atomic E-state index is 11.5. The van der Waals surface area contributed by atoms with Gasteiger partial charge in [0, 0.05) is 6.54 Å². The van der Waals surface area contributed by atoms with Gasteiger partial charge in [-0.05, 0) is 39.4 Å². The van der Waals surface area contributed by atoms with Gasteiger partial charge >= 0.3 is 6.09 Å². The normalized spacial score (nSPS) is 10.9. The molecule has 0 rings (SSSR count). The van der Waals surface area contributed by atoms with Crippen LogP contribution in [-0.4, -0.2) is 28.3 Å². The van der Waals surface area contributed by atoms with Crippen LogP contribution < -0.4 is 5.73 Å². The standard InChI is InChI=1S/C9H18N2O2S/c1-5-6-11(7(10)14)8(12)13-9(2,3)4/h5-6H2,1-4H3,(H2,10,14). The number of carbonyl (C=O) groups excluding carboxylic acids is 1. The fraction of sp³-hybridized carbons (Fsp3) is 0.778. The van der Waals surface area contributed by atoms with Crippen molar-refractivity contribution in [2.75, 3.05) is 6.54 Å². The minimum absolute atomic E-state index is 0.0566. The predicted molar refractivity (Wildman–Crippen MR) is 60.0 cm³/mol. The molecule has 4 nitrogen and oxygen atoms in total. The molecule has 0 unspecified atom stereocenters. The molecular formula is C9H18N2O2S. The van der Waals surface area contributed by atoms with Crippen LogP contribution in [0.3, 0.4) is 0 Å².